The van der Waals surface area contributed by atoms with Crippen LogP contribution >= 0.6 is 34.4 Å². The number of anilines is 5. The molecule has 1 fully saturated rings. The molecule has 11 rings (SSSR count). The van der Waals surface area contributed by atoms with E-state index >= 15 is 0 Å². The van der Waals surface area contributed by atoms with Crippen LogP contribution in [0.5, 0.6) is 0 Å². The largest absolute Gasteiger partial charge is 0.400 e. The van der Waals surface area contributed by atoms with Crippen molar-refractivity contribution in [1.29, 1.82) is 0 Å². The summed E-state index contributed by atoms with van der Waals surface area (Å²) in [6.07, 6.45) is 1.84. The minimum Gasteiger partial charge on any atom is -0.400 e. The van der Waals surface area contributed by atoms with Crippen LogP contribution in [0.3, 0.4) is 0 Å². The molecule has 6 aromatic carbocycles. The van der Waals surface area contributed by atoms with Crippen molar-refractivity contribution in [2.24, 2.45) is 5.73 Å². The number of aryl methyl sites for hydroxylation is 1. The number of carbonyl (C=O) groups is 3. The van der Waals surface area contributed by atoms with Crippen molar-refractivity contribution in [2.75, 3.05) is 77.4 Å². The number of nitrogens with two attached hydrogens (primary N) is 1. The molecule has 2 bridgehead atoms. The van der Waals surface area contributed by atoms with Gasteiger partial charge >= 0.3 is 0 Å². The van der Waals surface area contributed by atoms with Crippen LogP contribution in [0, 0.1) is 12.7 Å². The molecule has 2 N–H and O–H groups in total. The second kappa shape index (κ2) is 27.6. The Morgan fingerprint density at radius 3 is 1.83 bits per heavy atom. The average Bonchev–Trinajstić information content (AvgIpc) is 4.39. The van der Waals surface area contributed by atoms with Crippen LogP contribution in [0.2, 0.25) is 0 Å². The second-order valence-electron chi connectivity index (χ2n) is 20.9. The monoisotopic (exact) mass is 1170 g/mol. The maximum atomic E-state index is 14.5. The highest BCUT2D eigenvalue weighted by Gasteiger charge is 2.28. The second-order valence-corrected chi connectivity index (χ2v) is 24.1. The van der Waals surface area contributed by atoms with Gasteiger partial charge in [-0.05, 0) is 140 Å². The number of fused-ring (bicyclic) bond motifs is 7. The molecule has 3 aliphatic heterocycles. The Hall–Kier alpha value is -7.63. The van der Waals surface area contributed by atoms with Crippen LogP contribution in [0.4, 0.5) is 31.7 Å². The highest BCUT2D eigenvalue weighted by molar-refractivity contribution is 8.02. The van der Waals surface area contributed by atoms with Gasteiger partial charge in [-0.15, -0.1) is 34.4 Å². The zero-order valence-corrected chi connectivity index (χ0v) is 51.1. The minimum atomic E-state index is -0.370. The molecule has 0 spiro atoms. The summed E-state index contributed by atoms with van der Waals surface area (Å²) in [5.74, 6) is -0.899. The van der Waals surface area contributed by atoms with E-state index in [0.29, 0.717) is 41.2 Å². The van der Waals surface area contributed by atoms with E-state index in [4.69, 9.17) is 15.7 Å². The molecule has 5 heterocycles. The van der Waals surface area contributed by atoms with Gasteiger partial charge in [0.25, 0.3) is 17.7 Å². The lowest BCUT2D eigenvalue weighted by atomic mass is 9.88. The molecule has 12 nitrogen and oxygen atoms in total. The molecular weight excluding hydrogens is 1090 g/mol. The van der Waals surface area contributed by atoms with E-state index < -0.39 is 0 Å². The predicted octanol–water partition coefficient (Wildman–Crippen LogP) is 14.2. The van der Waals surface area contributed by atoms with Crippen LogP contribution in [0.25, 0.3) is 0 Å². The molecule has 0 radical (unpaired) electrons. The lowest BCUT2D eigenvalue weighted by molar-refractivity contribution is 0.0977. The maximum absolute atomic E-state index is 14.5. The molecule has 16 heteroatoms. The molecule has 3 unspecified atom stereocenters. The highest BCUT2D eigenvalue weighted by atomic mass is 32.2. The van der Waals surface area contributed by atoms with E-state index in [2.05, 4.69) is 73.7 Å². The van der Waals surface area contributed by atoms with Crippen LogP contribution in [0.1, 0.15) is 123 Å². The number of halogens is 1. The van der Waals surface area contributed by atoms with E-state index in [1.165, 1.54) is 12.1 Å². The Balaban J connectivity index is 0.00000410. The summed E-state index contributed by atoms with van der Waals surface area (Å²) in [5, 5.41) is 5.92. The fraction of sp³-hybridized carbons (Fsp3) is 0.299. The number of aromatic nitrogens is 2. The molecule has 3 amide bonds. The van der Waals surface area contributed by atoms with Crippen LogP contribution < -0.4 is 30.2 Å². The summed E-state index contributed by atoms with van der Waals surface area (Å²) >= 11 is 4.80. The fourth-order valence-electron chi connectivity index (χ4n) is 10.4. The van der Waals surface area contributed by atoms with E-state index in [1.807, 2.05) is 135 Å². The third-order valence-corrected chi connectivity index (χ3v) is 18.5. The molecular formula is C67H74FN9O3S3. The smallest absolute Gasteiger partial charge is 0.258 e. The quantitative estimate of drug-likeness (QED) is 0.100. The third-order valence-electron chi connectivity index (χ3n) is 15.4. The van der Waals surface area contributed by atoms with E-state index in [1.54, 1.807) is 61.3 Å². The molecule has 0 saturated carbocycles. The van der Waals surface area contributed by atoms with Gasteiger partial charge in [-0.1, -0.05) is 93.9 Å². The Labute approximate surface area is 501 Å². The minimum absolute atomic E-state index is 0.00136. The molecule has 2 aromatic heterocycles. The van der Waals surface area contributed by atoms with Crippen molar-refractivity contribution < 1.29 is 18.8 Å². The highest BCUT2D eigenvalue weighted by Crippen LogP contribution is 2.38. The molecule has 8 aromatic rings. The van der Waals surface area contributed by atoms with E-state index in [0.717, 1.165) is 99.3 Å². The average molecular weight is 1170 g/mol. The SMILES string of the molecule is CC.CCN(CC)c1nc(CN(C(=O)c2ccc(C)cc2)c2ccc(C(C)c3ccc(C(=O)N4C/C(N)=C/SC(C)C(c5ccc(C(=O)N(Cc6cnc(N7CCN(C)CC7)s6)c6ccc(F)cc6)cc5)c5ccc4cc5)cc3)cc2)cs1. The van der Waals surface area contributed by atoms with Gasteiger partial charge in [0.05, 0.1) is 25.3 Å². The molecule has 3 atom stereocenters. The van der Waals surface area contributed by atoms with Crippen molar-refractivity contribution in [3.63, 3.8) is 0 Å². The Kier molecular flexibility index (Phi) is 20.0. The first-order valence-corrected chi connectivity index (χ1v) is 31.2. The zero-order chi connectivity index (χ0) is 58.7. The topological polar surface area (TPSA) is 122 Å². The summed E-state index contributed by atoms with van der Waals surface area (Å²) in [7, 11) is 2.12. The Morgan fingerprint density at radius 2 is 1.24 bits per heavy atom. The molecule has 3 aliphatic rings. The first kappa shape index (κ1) is 60.0. The number of benzene rings is 6. The standard InChI is InChI=1S/C65H68FN9O3S3.C2H6/c1-7-71(8-2)65-69-55(42-80-65)39-74(62(77)50-11-9-43(3)10-12-50)57-27-21-47(22-28-57)44(4)46-13-17-51(18-14-46)61(76)73-38-54(67)41-79-45(5)60(49-23-29-56(73)30-24-49)48-15-19-52(20-16-48)63(78)75(58-31-25-53(66)26-32-58)40-59-37-68-64(81-59)72-35-33-70(6)34-36-72;1-2/h9-32,37,41-42,44-45,60H,7-8,33-36,38-40,67H2,1-6H3;1-2H3/b54-41-;. The summed E-state index contributed by atoms with van der Waals surface area (Å²) in [6.45, 7) is 20.8. The summed E-state index contributed by atoms with van der Waals surface area (Å²) in [4.78, 5) is 65.7. The van der Waals surface area contributed by atoms with Gasteiger partial charge < -0.3 is 35.1 Å². The van der Waals surface area contributed by atoms with Gasteiger partial charge in [0, 0.05) is 112 Å². The zero-order valence-electron chi connectivity index (χ0n) is 48.7. The number of likely N-dealkylation sites (N-methyl/N-ethyl adjacent to an activating group) is 1. The first-order chi connectivity index (χ1) is 40.2. The number of nitrogens with zero attached hydrogens (tertiary/aromatic N) is 8. The van der Waals surface area contributed by atoms with Crippen LogP contribution in [-0.2, 0) is 13.1 Å². The van der Waals surface area contributed by atoms with Crippen molar-refractivity contribution in [3.8, 4) is 0 Å². The normalized spacial score (nSPS) is 16.4. The van der Waals surface area contributed by atoms with Gasteiger partial charge in [-0.2, -0.15) is 0 Å². The number of amides is 3. The predicted molar refractivity (Wildman–Crippen MR) is 344 cm³/mol. The lowest BCUT2D eigenvalue weighted by Gasteiger charge is -2.32. The number of thioether (sulfide) groups is 1. The fourth-order valence-corrected chi connectivity index (χ4v) is 13.3. The maximum Gasteiger partial charge on any atom is 0.258 e. The molecule has 83 heavy (non-hydrogen) atoms. The number of rotatable bonds is 16. The van der Waals surface area contributed by atoms with Crippen molar-refractivity contribution in [2.45, 2.75) is 78.6 Å². The van der Waals surface area contributed by atoms with Crippen molar-refractivity contribution in [1.82, 2.24) is 14.9 Å². The third kappa shape index (κ3) is 14.2. The molecule has 1 saturated heterocycles. The van der Waals surface area contributed by atoms with Gasteiger partial charge in [0.15, 0.2) is 10.3 Å². The number of hydrogen-bond acceptors (Lipinski definition) is 12. The number of hydrogen-bond donors (Lipinski definition) is 1. The summed E-state index contributed by atoms with van der Waals surface area (Å²) in [6, 6.07) is 45.6. The summed E-state index contributed by atoms with van der Waals surface area (Å²) < 4.78 is 14.2. The molecule has 0 aliphatic carbocycles. The number of thiazole rings is 2. The number of piperazine rings is 1. The van der Waals surface area contributed by atoms with Gasteiger partial charge in [0.2, 0.25) is 0 Å². The van der Waals surface area contributed by atoms with Crippen molar-refractivity contribution >= 4 is 79.5 Å². The van der Waals surface area contributed by atoms with Gasteiger partial charge in [-0.25, -0.2) is 14.4 Å². The van der Waals surface area contributed by atoms with E-state index in [9.17, 15) is 18.8 Å². The first-order valence-electron chi connectivity index (χ1n) is 28.6. The Morgan fingerprint density at radius 1 is 0.711 bits per heavy atom. The van der Waals surface area contributed by atoms with Crippen LogP contribution in [-0.4, -0.2) is 90.7 Å². The van der Waals surface area contributed by atoms with Crippen LogP contribution in [0.15, 0.2) is 168 Å². The van der Waals surface area contributed by atoms with Gasteiger partial charge in [-0.3, -0.25) is 14.4 Å². The van der Waals surface area contributed by atoms with Crippen molar-refractivity contribution in [3.05, 3.63) is 229 Å². The molecule has 430 valence electrons. The van der Waals surface area contributed by atoms with E-state index in [-0.39, 0.29) is 47.2 Å². The number of carbonyl (C=O) groups excluding carboxylic acids is 3. The lowest BCUT2D eigenvalue weighted by Crippen LogP contribution is -2.44. The summed E-state index contributed by atoms with van der Waals surface area (Å²) in [5.41, 5.74) is 17.2. The Bertz CT molecular complexity index is 3470. The van der Waals surface area contributed by atoms with Gasteiger partial charge in [0.1, 0.15) is 5.82 Å².